The van der Waals surface area contributed by atoms with Gasteiger partial charge in [0.05, 0.1) is 24.8 Å². The quantitative estimate of drug-likeness (QED) is 0.432. The molecule has 8 heteroatoms. The normalized spacial score (nSPS) is 11.1. The van der Waals surface area contributed by atoms with Crippen LogP contribution in [0, 0.1) is 11.3 Å². The van der Waals surface area contributed by atoms with Gasteiger partial charge in [0.15, 0.2) is 0 Å². The van der Waals surface area contributed by atoms with Crippen LogP contribution in [-0.4, -0.2) is 42.4 Å². The summed E-state index contributed by atoms with van der Waals surface area (Å²) in [6, 6.07) is 8.44. The second-order valence-corrected chi connectivity index (χ2v) is 6.92. The van der Waals surface area contributed by atoms with Crippen molar-refractivity contribution in [1.29, 1.82) is 5.26 Å². The Kier molecular flexibility index (Phi) is 7.99. The van der Waals surface area contributed by atoms with Crippen LogP contribution in [-0.2, 0) is 30.2 Å². The van der Waals surface area contributed by atoms with E-state index >= 15 is 0 Å². The summed E-state index contributed by atoms with van der Waals surface area (Å²) in [7, 11) is 0. The van der Waals surface area contributed by atoms with E-state index < -0.39 is 29.2 Å². The predicted molar refractivity (Wildman–Crippen MR) is 100 cm³/mol. The molecule has 0 aromatic heterocycles. The lowest BCUT2D eigenvalue weighted by atomic mass is 9.88. The molecule has 152 valence electrons. The number of carbonyl (C=O) groups is 3. The minimum absolute atomic E-state index is 0.0180. The number of nitriles is 1. The molecule has 0 fully saturated rings. The number of carbonyl (C=O) groups excluding carboxylic acids is 3. The van der Waals surface area contributed by atoms with E-state index in [1.165, 1.54) is 0 Å². The first-order chi connectivity index (χ1) is 13.1. The molecule has 28 heavy (non-hydrogen) atoms. The molecule has 0 bridgehead atoms. The van der Waals surface area contributed by atoms with Gasteiger partial charge in [0, 0.05) is 6.42 Å². The fourth-order valence-corrected chi connectivity index (χ4v) is 2.43. The van der Waals surface area contributed by atoms with Gasteiger partial charge in [-0.05, 0) is 46.2 Å². The summed E-state index contributed by atoms with van der Waals surface area (Å²) in [6.07, 6.45) is -1.31. The zero-order valence-corrected chi connectivity index (χ0v) is 16.8. The van der Waals surface area contributed by atoms with Crippen molar-refractivity contribution >= 4 is 18.0 Å². The summed E-state index contributed by atoms with van der Waals surface area (Å²) in [5.41, 5.74) is -2.42. The average Bonchev–Trinajstić information content (AvgIpc) is 2.60. The molecule has 0 aliphatic rings. The Balaban J connectivity index is 3.46. The fraction of sp³-hybridized carbons (Fsp3) is 0.500. The number of hydrogen-bond donors (Lipinski definition) is 1. The van der Waals surface area contributed by atoms with Crippen LogP contribution in [0.15, 0.2) is 24.3 Å². The monoisotopic (exact) mass is 390 g/mol. The number of hydrogen-bond acceptors (Lipinski definition) is 7. The number of nitrogens with zero attached hydrogens (tertiary/aromatic N) is 1. The Morgan fingerprint density at radius 1 is 1.04 bits per heavy atom. The van der Waals surface area contributed by atoms with E-state index in [1.54, 1.807) is 58.9 Å². The van der Waals surface area contributed by atoms with Crippen LogP contribution in [0.25, 0.3) is 0 Å². The standard InChI is InChI=1S/C20H26N2O6/c1-6-26-16(23)20(17(24)27-7-2,22-18(25)28-19(3,4)5)12-14-10-8-9-11-15(14)13-21/h8-11H,6-7,12H2,1-5H3,(H,22,25). The van der Waals surface area contributed by atoms with Crippen molar-refractivity contribution in [3.63, 3.8) is 0 Å². The molecule has 0 radical (unpaired) electrons. The lowest BCUT2D eigenvalue weighted by Crippen LogP contribution is -2.63. The second-order valence-electron chi connectivity index (χ2n) is 6.92. The highest BCUT2D eigenvalue weighted by atomic mass is 16.6. The maximum atomic E-state index is 12.8. The molecule has 0 saturated carbocycles. The molecule has 0 aliphatic heterocycles. The smallest absolute Gasteiger partial charge is 0.409 e. The van der Waals surface area contributed by atoms with Crippen molar-refractivity contribution in [3.8, 4) is 6.07 Å². The molecule has 0 aliphatic carbocycles. The van der Waals surface area contributed by atoms with Gasteiger partial charge in [0.1, 0.15) is 5.60 Å². The van der Waals surface area contributed by atoms with Gasteiger partial charge in [-0.3, -0.25) is 5.32 Å². The van der Waals surface area contributed by atoms with Gasteiger partial charge in [0.2, 0.25) is 5.54 Å². The van der Waals surface area contributed by atoms with Crippen molar-refractivity contribution in [3.05, 3.63) is 35.4 Å². The maximum absolute atomic E-state index is 12.8. The van der Waals surface area contributed by atoms with Crippen molar-refractivity contribution in [1.82, 2.24) is 5.32 Å². The molecule has 0 saturated heterocycles. The van der Waals surface area contributed by atoms with Crippen LogP contribution in [0.5, 0.6) is 0 Å². The van der Waals surface area contributed by atoms with E-state index in [9.17, 15) is 19.6 Å². The largest absolute Gasteiger partial charge is 0.464 e. The number of benzene rings is 1. The van der Waals surface area contributed by atoms with E-state index in [0.29, 0.717) is 5.56 Å². The summed E-state index contributed by atoms with van der Waals surface area (Å²) in [6.45, 7) is 8.05. The zero-order chi connectivity index (χ0) is 21.4. The second kappa shape index (κ2) is 9.74. The third kappa shape index (κ3) is 5.98. The molecule has 0 atom stereocenters. The van der Waals surface area contributed by atoms with Crippen LogP contribution in [0.4, 0.5) is 4.79 Å². The SMILES string of the molecule is CCOC(=O)C(Cc1ccccc1C#N)(NC(=O)OC(C)(C)C)C(=O)OCC. The van der Waals surface area contributed by atoms with Crippen LogP contribution in [0.1, 0.15) is 45.7 Å². The van der Waals surface area contributed by atoms with E-state index in [-0.39, 0.29) is 25.2 Å². The van der Waals surface area contributed by atoms with Crippen molar-refractivity contribution in [2.45, 2.75) is 52.2 Å². The van der Waals surface area contributed by atoms with Crippen LogP contribution < -0.4 is 5.32 Å². The van der Waals surface area contributed by atoms with Gasteiger partial charge in [0.25, 0.3) is 0 Å². The highest BCUT2D eigenvalue weighted by Crippen LogP contribution is 2.22. The minimum Gasteiger partial charge on any atom is -0.464 e. The Hall–Kier alpha value is -3.08. The molecule has 1 aromatic rings. The zero-order valence-electron chi connectivity index (χ0n) is 16.8. The van der Waals surface area contributed by atoms with Crippen molar-refractivity contribution < 1.29 is 28.6 Å². The lowest BCUT2D eigenvalue weighted by Gasteiger charge is -2.31. The van der Waals surface area contributed by atoms with Crippen LogP contribution in [0.2, 0.25) is 0 Å². The van der Waals surface area contributed by atoms with E-state index in [0.717, 1.165) is 0 Å². The van der Waals surface area contributed by atoms with Gasteiger partial charge in [-0.25, -0.2) is 14.4 Å². The summed E-state index contributed by atoms with van der Waals surface area (Å²) in [5, 5.41) is 11.7. The highest BCUT2D eigenvalue weighted by molar-refractivity contribution is 6.07. The number of amides is 1. The molecular formula is C20H26N2O6. The first-order valence-corrected chi connectivity index (χ1v) is 8.93. The maximum Gasteiger partial charge on any atom is 0.409 e. The van der Waals surface area contributed by atoms with Crippen LogP contribution >= 0.6 is 0 Å². The van der Waals surface area contributed by atoms with Gasteiger partial charge in [-0.1, -0.05) is 18.2 Å². The lowest BCUT2D eigenvalue weighted by molar-refractivity contribution is -0.166. The molecule has 1 N–H and O–H groups in total. The Morgan fingerprint density at radius 2 is 1.57 bits per heavy atom. The molecule has 1 amide bonds. The molecule has 8 nitrogen and oxygen atoms in total. The van der Waals surface area contributed by atoms with Crippen molar-refractivity contribution in [2.75, 3.05) is 13.2 Å². The Bertz CT molecular complexity index is 743. The number of rotatable bonds is 7. The molecule has 1 rings (SSSR count). The van der Waals surface area contributed by atoms with E-state index in [4.69, 9.17) is 14.2 Å². The Morgan fingerprint density at radius 3 is 2.04 bits per heavy atom. The number of esters is 2. The predicted octanol–water partition coefficient (Wildman–Crippen LogP) is 2.49. The topological polar surface area (TPSA) is 115 Å². The number of alkyl carbamates (subject to hydrolysis) is 1. The minimum atomic E-state index is -2.19. The number of ether oxygens (including phenoxy) is 3. The highest BCUT2D eigenvalue weighted by Gasteiger charge is 2.51. The van der Waals surface area contributed by atoms with E-state index in [2.05, 4.69) is 5.32 Å². The van der Waals surface area contributed by atoms with Gasteiger partial charge in [-0.2, -0.15) is 5.26 Å². The van der Waals surface area contributed by atoms with Gasteiger partial charge >= 0.3 is 18.0 Å². The molecule has 0 spiro atoms. The van der Waals surface area contributed by atoms with Gasteiger partial charge < -0.3 is 14.2 Å². The summed E-state index contributed by atoms with van der Waals surface area (Å²) >= 11 is 0. The summed E-state index contributed by atoms with van der Waals surface area (Å²) < 4.78 is 15.3. The fourth-order valence-electron chi connectivity index (χ4n) is 2.43. The Labute approximate surface area is 164 Å². The third-order valence-corrected chi connectivity index (χ3v) is 3.56. The molecule has 0 unspecified atom stereocenters. The average molecular weight is 390 g/mol. The summed E-state index contributed by atoms with van der Waals surface area (Å²) in [4.78, 5) is 38.0. The van der Waals surface area contributed by atoms with Crippen LogP contribution in [0.3, 0.4) is 0 Å². The molecule has 0 heterocycles. The first-order valence-electron chi connectivity index (χ1n) is 8.93. The van der Waals surface area contributed by atoms with Crippen molar-refractivity contribution in [2.24, 2.45) is 0 Å². The molecule has 1 aromatic carbocycles. The van der Waals surface area contributed by atoms with Gasteiger partial charge in [-0.15, -0.1) is 0 Å². The van der Waals surface area contributed by atoms with E-state index in [1.807, 2.05) is 6.07 Å². The third-order valence-electron chi connectivity index (χ3n) is 3.56. The number of nitrogens with one attached hydrogen (secondary N) is 1. The first kappa shape index (κ1) is 23.0. The summed E-state index contributed by atoms with van der Waals surface area (Å²) in [5.74, 6) is -1.99. The molecular weight excluding hydrogens is 364 g/mol.